The number of carbonyl (C=O) groups is 1. The topological polar surface area (TPSA) is 67.6 Å². The molecule has 3 rings (SSSR count). The van der Waals surface area contributed by atoms with E-state index in [0.717, 1.165) is 26.1 Å². The van der Waals surface area contributed by atoms with E-state index in [9.17, 15) is 9.90 Å². The molecule has 2 saturated heterocycles. The molecule has 2 atom stereocenters. The Kier molecular flexibility index (Phi) is 4.94. The van der Waals surface area contributed by atoms with E-state index in [1.165, 1.54) is 6.20 Å². The van der Waals surface area contributed by atoms with Crippen molar-refractivity contribution in [2.45, 2.75) is 38.3 Å². The second-order valence-electron chi connectivity index (χ2n) is 6.72. The lowest BCUT2D eigenvalue weighted by Crippen LogP contribution is -2.57. The Morgan fingerprint density at radius 1 is 1.52 bits per heavy atom. The fraction of sp³-hybridized carbons (Fsp3) is 0.750. The normalized spacial score (nSPS) is 29.7. The van der Waals surface area contributed by atoms with Crippen molar-refractivity contribution in [3.05, 3.63) is 17.4 Å². The van der Waals surface area contributed by atoms with Gasteiger partial charge in [0.2, 0.25) is 5.91 Å². The fourth-order valence-corrected chi connectivity index (χ4v) is 3.99. The lowest BCUT2D eigenvalue weighted by atomic mass is 9.70. The van der Waals surface area contributed by atoms with Crippen LogP contribution in [0.15, 0.2) is 12.4 Å². The van der Waals surface area contributed by atoms with Gasteiger partial charge in [0.25, 0.3) is 0 Å². The molecule has 6 nitrogen and oxygen atoms in total. The van der Waals surface area contributed by atoms with Crippen LogP contribution >= 0.6 is 11.6 Å². The van der Waals surface area contributed by atoms with Crippen molar-refractivity contribution < 1.29 is 14.6 Å². The van der Waals surface area contributed by atoms with Crippen LogP contribution in [0.5, 0.6) is 0 Å². The van der Waals surface area contributed by atoms with Crippen LogP contribution in [0.1, 0.15) is 26.2 Å². The zero-order valence-electron chi connectivity index (χ0n) is 13.4. The number of carbonyl (C=O) groups excluding carboxylic acids is 1. The van der Waals surface area contributed by atoms with Gasteiger partial charge in [0.1, 0.15) is 6.54 Å². The van der Waals surface area contributed by atoms with E-state index >= 15 is 0 Å². The monoisotopic (exact) mass is 341 g/mol. The van der Waals surface area contributed by atoms with Crippen LogP contribution in [0.2, 0.25) is 5.02 Å². The summed E-state index contributed by atoms with van der Waals surface area (Å²) in [4.78, 5) is 14.3. The second-order valence-corrected chi connectivity index (χ2v) is 7.16. The summed E-state index contributed by atoms with van der Waals surface area (Å²) in [7, 11) is 0. The Morgan fingerprint density at radius 2 is 2.26 bits per heavy atom. The van der Waals surface area contributed by atoms with Gasteiger partial charge in [-0.1, -0.05) is 18.5 Å². The first kappa shape index (κ1) is 16.7. The molecule has 1 aromatic rings. The van der Waals surface area contributed by atoms with E-state index in [-0.39, 0.29) is 24.3 Å². The molecule has 3 heterocycles. The van der Waals surface area contributed by atoms with Crippen molar-refractivity contribution in [2.75, 3.05) is 26.3 Å². The van der Waals surface area contributed by atoms with Crippen LogP contribution in [0.4, 0.5) is 0 Å². The lowest BCUT2D eigenvalue weighted by Gasteiger charge is -2.48. The molecule has 2 aliphatic rings. The van der Waals surface area contributed by atoms with E-state index in [4.69, 9.17) is 16.3 Å². The largest absolute Gasteiger partial charge is 0.389 e. The molecule has 0 aliphatic carbocycles. The summed E-state index contributed by atoms with van der Waals surface area (Å²) in [5.74, 6) is 0.351. The van der Waals surface area contributed by atoms with E-state index in [2.05, 4.69) is 5.10 Å². The van der Waals surface area contributed by atoms with Gasteiger partial charge < -0.3 is 14.7 Å². The lowest BCUT2D eigenvalue weighted by molar-refractivity contribution is -0.151. The van der Waals surface area contributed by atoms with E-state index in [1.54, 1.807) is 10.9 Å². The van der Waals surface area contributed by atoms with Gasteiger partial charge in [0, 0.05) is 38.4 Å². The van der Waals surface area contributed by atoms with Crippen LogP contribution in [-0.4, -0.2) is 57.6 Å². The Morgan fingerprint density at radius 3 is 2.87 bits per heavy atom. The third-order valence-corrected chi connectivity index (χ3v) is 5.50. The quantitative estimate of drug-likeness (QED) is 0.906. The number of nitrogens with zero attached hydrogens (tertiary/aromatic N) is 3. The maximum atomic E-state index is 12.4. The zero-order chi connectivity index (χ0) is 16.4. The van der Waals surface area contributed by atoms with Gasteiger partial charge in [-0.25, -0.2) is 0 Å². The van der Waals surface area contributed by atoms with Gasteiger partial charge >= 0.3 is 0 Å². The second kappa shape index (κ2) is 6.79. The van der Waals surface area contributed by atoms with Crippen LogP contribution in [0, 0.1) is 11.8 Å². The Hall–Kier alpha value is -1.11. The average molecular weight is 342 g/mol. The van der Waals surface area contributed by atoms with Crippen molar-refractivity contribution in [1.82, 2.24) is 14.7 Å². The van der Waals surface area contributed by atoms with E-state index in [0.29, 0.717) is 24.5 Å². The van der Waals surface area contributed by atoms with Crippen LogP contribution in [0.3, 0.4) is 0 Å². The van der Waals surface area contributed by atoms with Crippen LogP contribution < -0.4 is 0 Å². The number of hydrogen-bond donors (Lipinski definition) is 1. The smallest absolute Gasteiger partial charge is 0.244 e. The molecule has 0 saturated carbocycles. The maximum Gasteiger partial charge on any atom is 0.244 e. The Labute approximate surface area is 141 Å². The predicted octanol–water partition coefficient (Wildman–Crippen LogP) is 1.56. The molecule has 2 fully saturated rings. The van der Waals surface area contributed by atoms with Gasteiger partial charge in [0.05, 0.1) is 16.8 Å². The molecule has 0 aromatic carbocycles. The van der Waals surface area contributed by atoms with Gasteiger partial charge in [-0.2, -0.15) is 5.10 Å². The third kappa shape index (κ3) is 3.54. The zero-order valence-corrected chi connectivity index (χ0v) is 14.2. The van der Waals surface area contributed by atoms with E-state index in [1.807, 2.05) is 11.8 Å². The maximum absolute atomic E-state index is 12.4. The standard InChI is InChI=1S/C16H24ClN3O3/c1-12-9-19(15(21)11-20-10-14(17)8-18-20)5-4-16(12,22)13-2-6-23-7-3-13/h8,10,12-13,22H,2-7,9,11H2,1H3/t12-,16+/m1/s1. The minimum absolute atomic E-state index is 0.0191. The Balaban J connectivity index is 1.60. The molecule has 0 bridgehead atoms. The first-order valence-corrected chi connectivity index (χ1v) is 8.62. The summed E-state index contributed by atoms with van der Waals surface area (Å²) in [6.45, 7) is 4.85. The summed E-state index contributed by atoms with van der Waals surface area (Å²) in [6, 6.07) is 0. The SMILES string of the molecule is C[C@@H]1CN(C(=O)Cn2cc(Cl)cn2)CC[C@@]1(O)C1CCOCC1. The molecular weight excluding hydrogens is 318 g/mol. The number of piperidine rings is 1. The van der Waals surface area contributed by atoms with Crippen molar-refractivity contribution in [3.63, 3.8) is 0 Å². The first-order chi connectivity index (χ1) is 11.0. The molecule has 1 amide bonds. The van der Waals surface area contributed by atoms with Crippen molar-refractivity contribution in [2.24, 2.45) is 11.8 Å². The number of hydrogen-bond acceptors (Lipinski definition) is 4. The molecule has 1 aromatic heterocycles. The summed E-state index contributed by atoms with van der Waals surface area (Å²) in [6.07, 6.45) is 5.61. The van der Waals surface area contributed by atoms with Crippen molar-refractivity contribution >= 4 is 17.5 Å². The number of rotatable bonds is 3. The molecule has 23 heavy (non-hydrogen) atoms. The minimum atomic E-state index is -0.685. The number of halogens is 1. The third-order valence-electron chi connectivity index (χ3n) is 5.31. The first-order valence-electron chi connectivity index (χ1n) is 8.25. The minimum Gasteiger partial charge on any atom is -0.389 e. The summed E-state index contributed by atoms with van der Waals surface area (Å²) >= 11 is 5.82. The highest BCUT2D eigenvalue weighted by atomic mass is 35.5. The molecule has 1 N–H and O–H groups in total. The number of aromatic nitrogens is 2. The molecule has 0 radical (unpaired) electrons. The molecule has 0 spiro atoms. The molecule has 128 valence electrons. The van der Waals surface area contributed by atoms with Gasteiger partial charge in [0.15, 0.2) is 0 Å². The van der Waals surface area contributed by atoms with Gasteiger partial charge in [-0.15, -0.1) is 0 Å². The highest BCUT2D eigenvalue weighted by Crippen LogP contribution is 2.39. The van der Waals surface area contributed by atoms with Gasteiger partial charge in [-0.05, 0) is 25.2 Å². The molecule has 2 aliphatic heterocycles. The summed E-state index contributed by atoms with van der Waals surface area (Å²) in [5, 5.41) is 15.7. The number of aliphatic hydroxyl groups is 1. The summed E-state index contributed by atoms with van der Waals surface area (Å²) < 4.78 is 6.95. The molecule has 0 unspecified atom stereocenters. The number of ether oxygens (including phenoxy) is 1. The predicted molar refractivity (Wildman–Crippen MR) is 86.1 cm³/mol. The average Bonchev–Trinajstić information content (AvgIpc) is 2.96. The Bertz CT molecular complexity index is 559. The van der Waals surface area contributed by atoms with Crippen molar-refractivity contribution in [1.29, 1.82) is 0 Å². The van der Waals surface area contributed by atoms with Crippen LogP contribution in [-0.2, 0) is 16.1 Å². The number of likely N-dealkylation sites (tertiary alicyclic amines) is 1. The van der Waals surface area contributed by atoms with Gasteiger partial charge in [-0.3, -0.25) is 9.48 Å². The summed E-state index contributed by atoms with van der Waals surface area (Å²) in [5.41, 5.74) is -0.685. The fourth-order valence-electron chi connectivity index (χ4n) is 3.83. The highest BCUT2D eigenvalue weighted by molar-refractivity contribution is 6.30. The molecular formula is C16H24ClN3O3. The van der Waals surface area contributed by atoms with Crippen molar-refractivity contribution in [3.8, 4) is 0 Å². The highest BCUT2D eigenvalue weighted by Gasteiger charge is 2.45. The van der Waals surface area contributed by atoms with E-state index < -0.39 is 5.60 Å². The molecule has 7 heteroatoms. The number of amides is 1. The van der Waals surface area contributed by atoms with Crippen LogP contribution in [0.25, 0.3) is 0 Å².